The van der Waals surface area contributed by atoms with Gasteiger partial charge in [0.05, 0.1) is 16.2 Å². The highest BCUT2D eigenvalue weighted by Gasteiger charge is 2.16. The van der Waals surface area contributed by atoms with Crippen LogP contribution in [0.25, 0.3) is 0 Å². The first-order valence-corrected chi connectivity index (χ1v) is 5.97. The minimum atomic E-state index is -1.01. The molecule has 1 aromatic rings. The maximum Gasteiger partial charge on any atom is 0.303 e. The lowest BCUT2D eigenvalue weighted by Crippen LogP contribution is -2.36. The van der Waals surface area contributed by atoms with Gasteiger partial charge in [0, 0.05) is 6.42 Å². The Morgan fingerprint density at radius 2 is 2.11 bits per heavy atom. The number of para-hydroxylation sites is 1. The van der Waals surface area contributed by atoms with Crippen LogP contribution in [0.5, 0.6) is 5.75 Å². The molecule has 0 spiro atoms. The number of anilines is 1. The zero-order valence-corrected chi connectivity index (χ0v) is 11.0. The number of carboxylic acids is 1. The quantitative estimate of drug-likeness (QED) is 0.611. The Kier molecular flexibility index (Phi) is 5.11. The summed E-state index contributed by atoms with van der Waals surface area (Å²) in [6, 6.07) is 3.85. The van der Waals surface area contributed by atoms with Crippen molar-refractivity contribution in [1.29, 1.82) is 0 Å². The van der Waals surface area contributed by atoms with Crippen LogP contribution in [0.4, 0.5) is 5.69 Å². The van der Waals surface area contributed by atoms with Gasteiger partial charge in [-0.3, -0.25) is 9.59 Å². The molecule has 0 aliphatic heterocycles. The molecule has 0 heterocycles. The summed E-state index contributed by atoms with van der Waals surface area (Å²) in [7, 11) is 0. The average molecular weight is 317 g/mol. The molecule has 0 bridgehead atoms. The molecule has 0 aliphatic rings. The minimum Gasteiger partial charge on any atom is -0.505 e. The highest BCUT2D eigenvalue weighted by Crippen LogP contribution is 2.31. The molecule has 0 saturated heterocycles. The summed E-state index contributed by atoms with van der Waals surface area (Å²) < 4.78 is 0.444. The van der Waals surface area contributed by atoms with Crippen LogP contribution in [0, 0.1) is 0 Å². The first-order chi connectivity index (χ1) is 8.41. The summed E-state index contributed by atoms with van der Waals surface area (Å²) in [5.41, 5.74) is 5.76. The Labute approximate surface area is 112 Å². The van der Waals surface area contributed by atoms with Crippen LogP contribution in [-0.4, -0.2) is 28.1 Å². The lowest BCUT2D eigenvalue weighted by molar-refractivity contribution is -0.137. The maximum absolute atomic E-state index is 11.6. The highest BCUT2D eigenvalue weighted by atomic mass is 79.9. The second-order valence-corrected chi connectivity index (χ2v) is 4.52. The molecule has 0 radical (unpaired) electrons. The number of amides is 1. The topological polar surface area (TPSA) is 113 Å². The van der Waals surface area contributed by atoms with Gasteiger partial charge >= 0.3 is 5.97 Å². The molecule has 18 heavy (non-hydrogen) atoms. The number of nitrogens with one attached hydrogen (secondary N) is 1. The number of aromatic hydroxyl groups is 1. The maximum atomic E-state index is 11.6. The molecule has 5 N–H and O–H groups in total. The number of nitrogens with two attached hydrogens (primary N) is 1. The Balaban J connectivity index is 2.64. The third-order valence-corrected chi connectivity index (χ3v) is 2.89. The molecule has 7 heteroatoms. The van der Waals surface area contributed by atoms with Gasteiger partial charge in [0.15, 0.2) is 5.75 Å². The van der Waals surface area contributed by atoms with Gasteiger partial charge in [0.2, 0.25) is 5.91 Å². The van der Waals surface area contributed by atoms with Gasteiger partial charge < -0.3 is 21.3 Å². The molecule has 98 valence electrons. The van der Waals surface area contributed by atoms with Gasteiger partial charge in [-0.25, -0.2) is 0 Å². The van der Waals surface area contributed by atoms with Crippen molar-refractivity contribution in [3.63, 3.8) is 0 Å². The van der Waals surface area contributed by atoms with E-state index in [1.165, 1.54) is 6.07 Å². The summed E-state index contributed by atoms with van der Waals surface area (Å²) in [6.45, 7) is 0. The van der Waals surface area contributed by atoms with Crippen LogP contribution in [0.1, 0.15) is 12.8 Å². The van der Waals surface area contributed by atoms with E-state index in [1.54, 1.807) is 12.1 Å². The average Bonchev–Trinajstić information content (AvgIpc) is 2.31. The molecular weight excluding hydrogens is 304 g/mol. The van der Waals surface area contributed by atoms with E-state index in [1.807, 2.05) is 0 Å². The summed E-state index contributed by atoms with van der Waals surface area (Å²) in [4.78, 5) is 22.0. The molecule has 0 saturated carbocycles. The number of rotatable bonds is 5. The number of carboxylic acid groups (broad SMARTS) is 1. The lowest BCUT2D eigenvalue weighted by Gasteiger charge is -2.12. The molecule has 1 aromatic carbocycles. The molecular formula is C11H13BrN2O4. The number of carbonyl (C=O) groups excluding carboxylic acids is 1. The van der Waals surface area contributed by atoms with Crippen molar-refractivity contribution in [2.75, 3.05) is 5.32 Å². The largest absolute Gasteiger partial charge is 0.505 e. The van der Waals surface area contributed by atoms with E-state index in [0.29, 0.717) is 4.47 Å². The van der Waals surface area contributed by atoms with Crippen LogP contribution in [0.3, 0.4) is 0 Å². The molecule has 1 atom stereocenters. The van der Waals surface area contributed by atoms with Gasteiger partial charge in [0.25, 0.3) is 0 Å². The smallest absolute Gasteiger partial charge is 0.303 e. The molecule has 6 nitrogen and oxygen atoms in total. The standard InChI is InChI=1S/C11H13BrN2O4/c12-6-2-1-3-8(10(6)17)14-11(18)7(13)4-5-9(15)16/h1-3,7,17H,4-5,13H2,(H,14,18)(H,15,16). The van der Waals surface area contributed by atoms with Crippen molar-refractivity contribution in [3.8, 4) is 5.75 Å². The number of hydrogen-bond acceptors (Lipinski definition) is 4. The second-order valence-electron chi connectivity index (χ2n) is 3.66. The van der Waals surface area contributed by atoms with Crippen LogP contribution >= 0.6 is 15.9 Å². The predicted molar refractivity (Wildman–Crippen MR) is 69.3 cm³/mol. The molecule has 1 amide bonds. The first kappa shape index (κ1) is 14.5. The summed E-state index contributed by atoms with van der Waals surface area (Å²) in [5, 5.41) is 20.6. The van der Waals surface area contributed by atoms with Gasteiger partial charge in [-0.2, -0.15) is 0 Å². The van der Waals surface area contributed by atoms with Crippen molar-refractivity contribution in [1.82, 2.24) is 0 Å². The number of benzene rings is 1. The zero-order chi connectivity index (χ0) is 13.7. The summed E-state index contributed by atoms with van der Waals surface area (Å²) in [5.74, 6) is -1.65. The van der Waals surface area contributed by atoms with E-state index in [0.717, 1.165) is 0 Å². The highest BCUT2D eigenvalue weighted by molar-refractivity contribution is 9.10. The van der Waals surface area contributed by atoms with Gasteiger partial charge in [-0.15, -0.1) is 0 Å². The van der Waals surface area contributed by atoms with Gasteiger partial charge in [-0.05, 0) is 34.5 Å². The van der Waals surface area contributed by atoms with Gasteiger partial charge in [0.1, 0.15) is 0 Å². The summed E-state index contributed by atoms with van der Waals surface area (Å²) >= 11 is 3.11. The SMILES string of the molecule is NC(CCC(=O)O)C(=O)Nc1cccc(Br)c1O. The normalized spacial score (nSPS) is 11.9. The number of aliphatic carboxylic acids is 1. The minimum absolute atomic E-state index is 0.0376. The van der Waals surface area contributed by atoms with Crippen LogP contribution < -0.4 is 11.1 Å². The number of phenols is 1. The van der Waals surface area contributed by atoms with Crippen LogP contribution in [-0.2, 0) is 9.59 Å². The van der Waals surface area contributed by atoms with Gasteiger partial charge in [-0.1, -0.05) is 6.07 Å². The van der Waals surface area contributed by atoms with Crippen molar-refractivity contribution in [2.45, 2.75) is 18.9 Å². The van der Waals surface area contributed by atoms with Crippen molar-refractivity contribution < 1.29 is 19.8 Å². The fourth-order valence-corrected chi connectivity index (χ4v) is 1.62. The monoisotopic (exact) mass is 316 g/mol. The van der Waals surface area contributed by atoms with Crippen LogP contribution in [0.2, 0.25) is 0 Å². The number of phenolic OH excluding ortho intramolecular Hbond substituents is 1. The number of halogens is 1. The van der Waals surface area contributed by atoms with E-state index in [2.05, 4.69) is 21.2 Å². The third kappa shape index (κ3) is 4.01. The second kappa shape index (κ2) is 6.36. The first-order valence-electron chi connectivity index (χ1n) is 5.17. The molecule has 0 aromatic heterocycles. The lowest BCUT2D eigenvalue weighted by atomic mass is 10.1. The van der Waals surface area contributed by atoms with Crippen molar-refractivity contribution >= 4 is 33.5 Å². The Hall–Kier alpha value is -1.60. The molecule has 0 fully saturated rings. The van der Waals surface area contributed by atoms with Crippen molar-refractivity contribution in [3.05, 3.63) is 22.7 Å². The zero-order valence-electron chi connectivity index (χ0n) is 9.39. The Morgan fingerprint density at radius 3 is 2.72 bits per heavy atom. The number of hydrogen-bond donors (Lipinski definition) is 4. The Bertz CT molecular complexity index is 464. The molecule has 1 unspecified atom stereocenters. The van der Waals surface area contributed by atoms with E-state index >= 15 is 0 Å². The fraction of sp³-hybridized carbons (Fsp3) is 0.273. The van der Waals surface area contributed by atoms with E-state index < -0.39 is 17.9 Å². The number of carbonyl (C=O) groups is 2. The fourth-order valence-electron chi connectivity index (χ4n) is 1.25. The predicted octanol–water partition coefficient (Wildman–Crippen LogP) is 1.29. The molecule has 1 rings (SSSR count). The van der Waals surface area contributed by atoms with E-state index in [4.69, 9.17) is 10.8 Å². The van der Waals surface area contributed by atoms with Crippen molar-refractivity contribution in [2.24, 2.45) is 5.73 Å². The third-order valence-electron chi connectivity index (χ3n) is 2.25. The Morgan fingerprint density at radius 1 is 1.44 bits per heavy atom. The summed E-state index contributed by atoms with van der Waals surface area (Å²) in [6.07, 6.45) is -0.144. The van der Waals surface area contributed by atoms with Crippen LogP contribution in [0.15, 0.2) is 22.7 Å². The molecule has 0 aliphatic carbocycles. The van der Waals surface area contributed by atoms with E-state index in [-0.39, 0.29) is 24.3 Å². The van der Waals surface area contributed by atoms with E-state index in [9.17, 15) is 14.7 Å².